The number of hydrogen-bond acceptors (Lipinski definition) is 2. The smallest absolute Gasteiger partial charge is 0.253 e. The summed E-state index contributed by atoms with van der Waals surface area (Å²) in [5.41, 5.74) is 0.406. The summed E-state index contributed by atoms with van der Waals surface area (Å²) in [4.78, 5) is 13.5. The molecule has 3 nitrogen and oxygen atoms in total. The van der Waals surface area contributed by atoms with Gasteiger partial charge in [-0.15, -0.1) is 0 Å². The Labute approximate surface area is 106 Å². The fourth-order valence-corrected chi connectivity index (χ4v) is 1.62. The van der Waals surface area contributed by atoms with Crippen molar-refractivity contribution in [3.63, 3.8) is 0 Å². The maximum atomic E-state index is 12.9. The molecule has 5 heteroatoms. The third-order valence-corrected chi connectivity index (χ3v) is 2.72. The predicted molar refractivity (Wildman–Crippen MR) is 66.9 cm³/mol. The number of nitrogens with one attached hydrogen (secondary N) is 1. The topological polar surface area (TPSA) is 32.3 Å². The molecule has 1 N–H and O–H groups in total. The molecule has 0 atom stereocenters. The zero-order chi connectivity index (χ0) is 12.8. The van der Waals surface area contributed by atoms with Gasteiger partial charge in [-0.3, -0.25) is 4.79 Å². The molecule has 0 aliphatic carbocycles. The van der Waals surface area contributed by atoms with Crippen molar-refractivity contribution in [2.24, 2.45) is 0 Å². The Morgan fingerprint density at radius 3 is 2.82 bits per heavy atom. The van der Waals surface area contributed by atoms with Crippen LogP contribution in [0.5, 0.6) is 0 Å². The van der Waals surface area contributed by atoms with Gasteiger partial charge in [0.2, 0.25) is 0 Å². The van der Waals surface area contributed by atoms with Crippen LogP contribution in [-0.2, 0) is 0 Å². The zero-order valence-corrected chi connectivity index (χ0v) is 10.7. The third-order valence-electron chi connectivity index (χ3n) is 2.43. The lowest BCUT2D eigenvalue weighted by molar-refractivity contribution is 0.0793. The van der Waals surface area contributed by atoms with Gasteiger partial charge in [0.25, 0.3) is 5.91 Å². The van der Waals surface area contributed by atoms with Crippen LogP contribution < -0.4 is 5.32 Å². The van der Waals surface area contributed by atoms with Gasteiger partial charge in [-0.25, -0.2) is 4.39 Å². The van der Waals surface area contributed by atoms with E-state index in [1.54, 1.807) is 11.9 Å². The molecule has 1 aromatic carbocycles. The van der Waals surface area contributed by atoms with Gasteiger partial charge in [-0.05, 0) is 38.2 Å². The second kappa shape index (κ2) is 6.57. The Morgan fingerprint density at radius 1 is 1.53 bits per heavy atom. The second-order valence-electron chi connectivity index (χ2n) is 3.81. The maximum absolute atomic E-state index is 12.9. The summed E-state index contributed by atoms with van der Waals surface area (Å²) in [5.74, 6) is -0.663. The first-order valence-electron chi connectivity index (χ1n) is 5.41. The van der Waals surface area contributed by atoms with Crippen molar-refractivity contribution in [2.75, 3.05) is 27.2 Å². The van der Waals surface area contributed by atoms with E-state index in [2.05, 4.69) is 5.32 Å². The summed E-state index contributed by atoms with van der Waals surface area (Å²) in [6, 6.07) is 4.00. The maximum Gasteiger partial charge on any atom is 0.253 e. The highest BCUT2D eigenvalue weighted by Crippen LogP contribution is 2.17. The quantitative estimate of drug-likeness (QED) is 0.821. The zero-order valence-electron chi connectivity index (χ0n) is 9.96. The summed E-state index contributed by atoms with van der Waals surface area (Å²) < 4.78 is 12.9. The van der Waals surface area contributed by atoms with Crippen molar-refractivity contribution in [1.29, 1.82) is 0 Å². The van der Waals surface area contributed by atoms with Crippen LogP contribution >= 0.6 is 11.6 Å². The lowest BCUT2D eigenvalue weighted by Gasteiger charge is -2.17. The average Bonchev–Trinajstić information content (AvgIpc) is 2.32. The molecule has 0 saturated carbocycles. The lowest BCUT2D eigenvalue weighted by Crippen LogP contribution is -2.29. The molecule has 17 heavy (non-hydrogen) atoms. The van der Waals surface area contributed by atoms with Gasteiger partial charge in [0.05, 0.1) is 5.02 Å². The van der Waals surface area contributed by atoms with Gasteiger partial charge >= 0.3 is 0 Å². The first kappa shape index (κ1) is 13.9. The number of hydrogen-bond donors (Lipinski definition) is 1. The number of benzene rings is 1. The van der Waals surface area contributed by atoms with Crippen molar-refractivity contribution < 1.29 is 9.18 Å². The average molecular weight is 259 g/mol. The largest absolute Gasteiger partial charge is 0.342 e. The van der Waals surface area contributed by atoms with E-state index < -0.39 is 5.82 Å². The molecule has 0 heterocycles. The molecule has 0 radical (unpaired) electrons. The normalized spacial score (nSPS) is 10.4. The Bertz CT molecular complexity index is 398. The van der Waals surface area contributed by atoms with Crippen LogP contribution in [0.15, 0.2) is 18.2 Å². The molecule has 0 spiro atoms. The minimum atomic E-state index is -0.513. The highest BCUT2D eigenvalue weighted by Gasteiger charge is 2.12. The van der Waals surface area contributed by atoms with Crippen LogP contribution in [0.1, 0.15) is 16.8 Å². The fraction of sp³-hybridized carbons (Fsp3) is 0.417. The number of carbonyl (C=O) groups excluding carboxylic acids is 1. The molecular weight excluding hydrogens is 243 g/mol. The SMILES string of the molecule is CNCCCN(C)C(=O)c1ccc(F)c(Cl)c1. The van der Waals surface area contributed by atoms with Crippen LogP contribution in [0.3, 0.4) is 0 Å². The second-order valence-corrected chi connectivity index (χ2v) is 4.22. The van der Waals surface area contributed by atoms with E-state index in [0.717, 1.165) is 13.0 Å². The summed E-state index contributed by atoms with van der Waals surface area (Å²) in [6.07, 6.45) is 0.869. The summed E-state index contributed by atoms with van der Waals surface area (Å²) in [5, 5.41) is 2.98. The molecule has 0 bridgehead atoms. The van der Waals surface area contributed by atoms with Crippen molar-refractivity contribution in [2.45, 2.75) is 6.42 Å². The van der Waals surface area contributed by atoms with E-state index in [1.165, 1.54) is 18.2 Å². The van der Waals surface area contributed by atoms with Crippen molar-refractivity contribution in [1.82, 2.24) is 10.2 Å². The molecule has 0 saturated heterocycles. The molecule has 94 valence electrons. The third kappa shape index (κ3) is 3.98. The Kier molecular flexibility index (Phi) is 5.38. The van der Waals surface area contributed by atoms with Gasteiger partial charge in [0, 0.05) is 19.2 Å². The first-order valence-corrected chi connectivity index (χ1v) is 5.79. The summed E-state index contributed by atoms with van der Waals surface area (Å²) in [6.45, 7) is 1.50. The molecule has 1 aromatic rings. The predicted octanol–water partition coefficient (Wildman–Crippen LogP) is 2.16. The van der Waals surface area contributed by atoms with E-state index in [9.17, 15) is 9.18 Å². The fourth-order valence-electron chi connectivity index (χ4n) is 1.44. The minimum absolute atomic E-state index is 0.0283. The molecule has 1 amide bonds. The van der Waals surface area contributed by atoms with Crippen LogP contribution in [-0.4, -0.2) is 38.0 Å². The van der Waals surface area contributed by atoms with E-state index in [0.29, 0.717) is 12.1 Å². The Balaban J connectivity index is 2.65. The minimum Gasteiger partial charge on any atom is -0.342 e. The molecule has 0 fully saturated rings. The lowest BCUT2D eigenvalue weighted by atomic mass is 10.2. The molecule has 0 aliphatic rings. The summed E-state index contributed by atoms with van der Waals surface area (Å²) in [7, 11) is 3.58. The van der Waals surface area contributed by atoms with Crippen LogP contribution in [0, 0.1) is 5.82 Å². The van der Waals surface area contributed by atoms with E-state index in [-0.39, 0.29) is 10.9 Å². The van der Waals surface area contributed by atoms with Crippen LogP contribution in [0.4, 0.5) is 4.39 Å². The van der Waals surface area contributed by atoms with Gasteiger partial charge in [-0.1, -0.05) is 11.6 Å². The molecule has 0 unspecified atom stereocenters. The molecule has 1 rings (SSSR count). The Morgan fingerprint density at radius 2 is 2.24 bits per heavy atom. The van der Waals surface area contributed by atoms with Gasteiger partial charge in [0.15, 0.2) is 0 Å². The molecular formula is C12H16ClFN2O. The highest BCUT2D eigenvalue weighted by molar-refractivity contribution is 6.31. The number of carbonyl (C=O) groups is 1. The van der Waals surface area contributed by atoms with E-state index in [1.807, 2.05) is 7.05 Å². The summed E-state index contributed by atoms with van der Waals surface area (Å²) >= 11 is 5.63. The van der Waals surface area contributed by atoms with Gasteiger partial charge in [-0.2, -0.15) is 0 Å². The first-order chi connectivity index (χ1) is 8.06. The number of nitrogens with zero attached hydrogens (tertiary/aromatic N) is 1. The van der Waals surface area contributed by atoms with Crippen molar-refractivity contribution >= 4 is 17.5 Å². The van der Waals surface area contributed by atoms with Gasteiger partial charge in [0.1, 0.15) is 5.82 Å². The van der Waals surface area contributed by atoms with Crippen molar-refractivity contribution in [3.05, 3.63) is 34.6 Å². The van der Waals surface area contributed by atoms with E-state index in [4.69, 9.17) is 11.6 Å². The highest BCUT2D eigenvalue weighted by atomic mass is 35.5. The van der Waals surface area contributed by atoms with Crippen LogP contribution in [0.25, 0.3) is 0 Å². The van der Waals surface area contributed by atoms with E-state index >= 15 is 0 Å². The standard InChI is InChI=1S/C12H16ClFN2O/c1-15-6-3-7-16(2)12(17)9-4-5-11(14)10(13)8-9/h4-5,8,15H,3,6-7H2,1-2H3. The monoisotopic (exact) mass is 258 g/mol. The number of rotatable bonds is 5. The van der Waals surface area contributed by atoms with Crippen LogP contribution in [0.2, 0.25) is 5.02 Å². The van der Waals surface area contributed by atoms with Crippen molar-refractivity contribution in [3.8, 4) is 0 Å². The number of halogens is 2. The Hall–Kier alpha value is -1.13. The van der Waals surface area contributed by atoms with Gasteiger partial charge < -0.3 is 10.2 Å². The number of amides is 1. The molecule has 0 aliphatic heterocycles. The molecule has 0 aromatic heterocycles.